The molecule has 0 saturated heterocycles. The fourth-order valence-corrected chi connectivity index (χ4v) is 1.66. The van der Waals surface area contributed by atoms with Gasteiger partial charge in [-0.05, 0) is 24.1 Å². The number of hydrogen-bond donors (Lipinski definition) is 2. The molecule has 80 valence electrons. The quantitative estimate of drug-likeness (QED) is 0.709. The van der Waals surface area contributed by atoms with Gasteiger partial charge in [0.05, 0.1) is 7.11 Å². The molecular weight excluding hydrogens is 194 g/mol. The summed E-state index contributed by atoms with van der Waals surface area (Å²) in [5, 5.41) is 9.47. The number of rotatable bonds is 2. The van der Waals surface area contributed by atoms with Crippen molar-refractivity contribution in [3.05, 3.63) is 29.3 Å². The molecule has 1 aliphatic carbocycles. The number of esters is 1. The molecule has 4 nitrogen and oxygen atoms in total. The van der Waals surface area contributed by atoms with Gasteiger partial charge in [0.25, 0.3) is 0 Å². The van der Waals surface area contributed by atoms with Crippen LogP contribution in [0, 0.1) is 0 Å². The molecule has 0 spiro atoms. The van der Waals surface area contributed by atoms with Crippen molar-refractivity contribution in [2.75, 3.05) is 7.11 Å². The SMILES string of the molecule is COC(=O)c1cc(C2CC2N)ccc1O. The Balaban J connectivity index is 2.33. The Morgan fingerprint density at radius 2 is 2.27 bits per heavy atom. The lowest BCUT2D eigenvalue weighted by Crippen LogP contribution is -2.04. The molecule has 15 heavy (non-hydrogen) atoms. The first-order valence-corrected chi connectivity index (χ1v) is 4.80. The van der Waals surface area contributed by atoms with Crippen LogP contribution in [0.3, 0.4) is 0 Å². The first-order chi connectivity index (χ1) is 7.13. The van der Waals surface area contributed by atoms with E-state index in [1.807, 2.05) is 0 Å². The second kappa shape index (κ2) is 3.55. The average molecular weight is 207 g/mol. The van der Waals surface area contributed by atoms with Gasteiger partial charge in [-0.1, -0.05) is 6.07 Å². The highest BCUT2D eigenvalue weighted by Crippen LogP contribution is 2.40. The van der Waals surface area contributed by atoms with Gasteiger partial charge in [-0.2, -0.15) is 0 Å². The van der Waals surface area contributed by atoms with E-state index in [0.29, 0.717) is 5.92 Å². The van der Waals surface area contributed by atoms with E-state index in [2.05, 4.69) is 4.74 Å². The van der Waals surface area contributed by atoms with Gasteiger partial charge in [-0.25, -0.2) is 4.79 Å². The summed E-state index contributed by atoms with van der Waals surface area (Å²) in [6.07, 6.45) is 0.936. The Morgan fingerprint density at radius 1 is 1.60 bits per heavy atom. The zero-order chi connectivity index (χ0) is 11.0. The molecule has 0 aliphatic heterocycles. The summed E-state index contributed by atoms with van der Waals surface area (Å²) >= 11 is 0. The van der Waals surface area contributed by atoms with Crippen LogP contribution in [0.25, 0.3) is 0 Å². The molecule has 2 unspecified atom stereocenters. The van der Waals surface area contributed by atoms with Crippen molar-refractivity contribution < 1.29 is 14.6 Å². The summed E-state index contributed by atoms with van der Waals surface area (Å²) < 4.78 is 4.57. The third-order valence-corrected chi connectivity index (χ3v) is 2.69. The largest absolute Gasteiger partial charge is 0.507 e. The molecule has 0 bridgehead atoms. The predicted molar refractivity (Wildman–Crippen MR) is 54.8 cm³/mol. The third kappa shape index (κ3) is 1.80. The number of phenols is 1. The first-order valence-electron chi connectivity index (χ1n) is 4.80. The Hall–Kier alpha value is -1.55. The third-order valence-electron chi connectivity index (χ3n) is 2.69. The maximum Gasteiger partial charge on any atom is 0.341 e. The summed E-state index contributed by atoms with van der Waals surface area (Å²) in [5.74, 6) is -0.266. The number of nitrogens with two attached hydrogens (primary N) is 1. The average Bonchev–Trinajstić information content (AvgIpc) is 2.95. The van der Waals surface area contributed by atoms with Crippen LogP contribution in [0.15, 0.2) is 18.2 Å². The van der Waals surface area contributed by atoms with Crippen LogP contribution in [0.5, 0.6) is 5.75 Å². The van der Waals surface area contributed by atoms with Gasteiger partial charge in [0.1, 0.15) is 11.3 Å². The van der Waals surface area contributed by atoms with Crippen LogP contribution >= 0.6 is 0 Å². The van der Waals surface area contributed by atoms with Gasteiger partial charge < -0.3 is 15.6 Å². The number of benzene rings is 1. The maximum atomic E-state index is 11.3. The van der Waals surface area contributed by atoms with Gasteiger partial charge in [0, 0.05) is 12.0 Å². The minimum absolute atomic E-state index is 0.0557. The van der Waals surface area contributed by atoms with Crippen molar-refractivity contribution >= 4 is 5.97 Å². The summed E-state index contributed by atoms with van der Waals surface area (Å²) in [4.78, 5) is 11.3. The number of aromatic hydroxyl groups is 1. The Bertz CT molecular complexity index is 403. The van der Waals surface area contributed by atoms with E-state index in [4.69, 9.17) is 5.73 Å². The van der Waals surface area contributed by atoms with Crippen molar-refractivity contribution in [3.8, 4) is 5.75 Å². The highest BCUT2D eigenvalue weighted by atomic mass is 16.5. The zero-order valence-electron chi connectivity index (χ0n) is 8.43. The second-order valence-electron chi connectivity index (χ2n) is 3.77. The minimum atomic E-state index is -0.524. The lowest BCUT2D eigenvalue weighted by Gasteiger charge is -2.05. The van der Waals surface area contributed by atoms with Gasteiger partial charge >= 0.3 is 5.97 Å². The van der Waals surface area contributed by atoms with Crippen molar-refractivity contribution in [3.63, 3.8) is 0 Å². The molecule has 0 amide bonds. The van der Waals surface area contributed by atoms with Gasteiger partial charge in [-0.3, -0.25) is 0 Å². The van der Waals surface area contributed by atoms with Crippen LogP contribution in [0.1, 0.15) is 28.3 Å². The van der Waals surface area contributed by atoms with Crippen LogP contribution < -0.4 is 5.73 Å². The van der Waals surface area contributed by atoms with Gasteiger partial charge in [-0.15, -0.1) is 0 Å². The molecule has 1 aromatic rings. The standard InChI is InChI=1S/C11H13NO3/c1-15-11(14)8-4-6(2-3-10(8)13)7-5-9(7)12/h2-4,7,9,13H,5,12H2,1H3. The van der Waals surface area contributed by atoms with Crippen molar-refractivity contribution in [1.82, 2.24) is 0 Å². The summed E-state index contributed by atoms with van der Waals surface area (Å²) in [5.41, 5.74) is 6.91. The van der Waals surface area contributed by atoms with Crippen molar-refractivity contribution in [2.24, 2.45) is 5.73 Å². The molecule has 1 saturated carbocycles. The minimum Gasteiger partial charge on any atom is -0.507 e. The molecule has 4 heteroatoms. The molecule has 1 aromatic carbocycles. The lowest BCUT2D eigenvalue weighted by molar-refractivity contribution is 0.0597. The van der Waals surface area contributed by atoms with E-state index in [1.54, 1.807) is 12.1 Å². The molecule has 0 radical (unpaired) electrons. The number of carbonyl (C=O) groups excluding carboxylic acids is 1. The van der Waals surface area contributed by atoms with Gasteiger partial charge in [0.2, 0.25) is 0 Å². The van der Waals surface area contributed by atoms with E-state index in [1.165, 1.54) is 13.2 Å². The van der Waals surface area contributed by atoms with Gasteiger partial charge in [0.15, 0.2) is 0 Å². The number of methoxy groups -OCH3 is 1. The summed E-state index contributed by atoms with van der Waals surface area (Å²) in [6.45, 7) is 0. The highest BCUT2D eigenvalue weighted by Gasteiger charge is 2.35. The fraction of sp³-hybridized carbons (Fsp3) is 0.364. The van der Waals surface area contributed by atoms with Crippen LogP contribution in [-0.2, 0) is 4.74 Å². The second-order valence-corrected chi connectivity index (χ2v) is 3.77. The van der Waals surface area contributed by atoms with Crippen LogP contribution in [0.2, 0.25) is 0 Å². The summed E-state index contributed by atoms with van der Waals surface area (Å²) in [7, 11) is 1.29. The molecule has 3 N–H and O–H groups in total. The smallest absolute Gasteiger partial charge is 0.341 e. The Kier molecular flexibility index (Phi) is 2.36. The van der Waals surface area contributed by atoms with E-state index in [0.717, 1.165) is 12.0 Å². The van der Waals surface area contributed by atoms with E-state index in [-0.39, 0.29) is 17.4 Å². The summed E-state index contributed by atoms with van der Waals surface area (Å²) in [6, 6.07) is 5.13. The Morgan fingerprint density at radius 3 is 2.80 bits per heavy atom. The highest BCUT2D eigenvalue weighted by molar-refractivity contribution is 5.92. The number of phenolic OH excluding ortho intramolecular Hbond substituents is 1. The monoisotopic (exact) mass is 207 g/mol. The maximum absolute atomic E-state index is 11.3. The molecule has 0 aromatic heterocycles. The topological polar surface area (TPSA) is 72.5 Å². The first kappa shape index (κ1) is 9.98. The molecule has 2 rings (SSSR count). The fourth-order valence-electron chi connectivity index (χ4n) is 1.66. The number of carbonyl (C=O) groups is 1. The molecular formula is C11H13NO3. The molecule has 0 heterocycles. The number of ether oxygens (including phenoxy) is 1. The van der Waals surface area contributed by atoms with Crippen molar-refractivity contribution in [1.29, 1.82) is 0 Å². The zero-order valence-corrected chi connectivity index (χ0v) is 8.43. The predicted octanol–water partition coefficient (Wildman–Crippen LogP) is 0.993. The van der Waals surface area contributed by atoms with E-state index >= 15 is 0 Å². The van der Waals surface area contributed by atoms with Crippen LogP contribution in [-0.4, -0.2) is 24.2 Å². The van der Waals surface area contributed by atoms with Crippen LogP contribution in [0.4, 0.5) is 0 Å². The lowest BCUT2D eigenvalue weighted by atomic mass is 10.1. The number of hydrogen-bond acceptors (Lipinski definition) is 4. The van der Waals surface area contributed by atoms with Crippen molar-refractivity contribution in [2.45, 2.75) is 18.4 Å². The molecule has 2 atom stereocenters. The van der Waals surface area contributed by atoms with E-state index < -0.39 is 5.97 Å². The normalized spacial score (nSPS) is 23.6. The Labute approximate surface area is 87.7 Å². The molecule has 1 aliphatic rings. The molecule has 1 fully saturated rings. The van der Waals surface area contributed by atoms with E-state index in [9.17, 15) is 9.90 Å².